The van der Waals surface area contributed by atoms with Crippen molar-refractivity contribution < 1.29 is 14.7 Å². The van der Waals surface area contributed by atoms with E-state index in [4.69, 9.17) is 5.11 Å². The highest BCUT2D eigenvalue weighted by Crippen LogP contribution is 2.32. The molecule has 4 heteroatoms. The highest BCUT2D eigenvalue weighted by molar-refractivity contribution is 5.81. The van der Waals surface area contributed by atoms with E-state index in [1.807, 2.05) is 18.2 Å². The number of hydrogen-bond acceptors (Lipinski definition) is 2. The second-order valence-electron chi connectivity index (χ2n) is 7.68. The fourth-order valence-electron chi connectivity index (χ4n) is 2.85. The van der Waals surface area contributed by atoms with Gasteiger partial charge < -0.3 is 10.4 Å². The molecule has 0 bridgehead atoms. The van der Waals surface area contributed by atoms with E-state index in [2.05, 4.69) is 45.1 Å². The van der Waals surface area contributed by atoms with Gasteiger partial charge in [0.2, 0.25) is 5.91 Å². The van der Waals surface area contributed by atoms with E-state index in [1.165, 1.54) is 45.1 Å². The Kier molecular flexibility index (Phi) is 12.4. The lowest BCUT2D eigenvalue weighted by molar-refractivity contribution is -0.140. The van der Waals surface area contributed by atoms with Gasteiger partial charge in [-0.1, -0.05) is 69.5 Å². The van der Waals surface area contributed by atoms with E-state index in [0.717, 1.165) is 17.8 Å². The molecule has 0 heterocycles. The van der Waals surface area contributed by atoms with E-state index >= 15 is 0 Å². The third kappa shape index (κ3) is 12.5. The summed E-state index contributed by atoms with van der Waals surface area (Å²) in [5.41, 5.74) is 1.32. The SMILES string of the molecule is CC(=O)NC(C)C(=O)O.CC1CCC(C(C)C)CC1.Cc1ccccc1. The van der Waals surface area contributed by atoms with Crippen molar-refractivity contribution in [1.82, 2.24) is 5.32 Å². The summed E-state index contributed by atoms with van der Waals surface area (Å²) in [5, 5.41) is 10.4. The predicted octanol–water partition coefficient (Wildman–Crippen LogP) is 5.06. The Hall–Kier alpha value is -1.84. The van der Waals surface area contributed by atoms with Crippen LogP contribution in [-0.2, 0) is 9.59 Å². The number of hydrogen-bond donors (Lipinski definition) is 2. The van der Waals surface area contributed by atoms with Crippen LogP contribution < -0.4 is 5.32 Å². The Bertz CT molecular complexity index is 505. The number of carboxylic acids is 1. The number of carboxylic acid groups (broad SMARTS) is 1. The number of amides is 1. The number of aryl methyl sites for hydroxylation is 1. The molecule has 1 unspecified atom stereocenters. The van der Waals surface area contributed by atoms with Gasteiger partial charge in [-0.2, -0.15) is 0 Å². The van der Waals surface area contributed by atoms with Crippen molar-refractivity contribution in [2.45, 2.75) is 73.3 Å². The molecule has 2 rings (SSSR count). The Morgan fingerprint density at radius 1 is 1.04 bits per heavy atom. The average molecular weight is 364 g/mol. The van der Waals surface area contributed by atoms with Gasteiger partial charge in [-0.3, -0.25) is 9.59 Å². The first-order valence-corrected chi connectivity index (χ1v) is 9.65. The Morgan fingerprint density at radius 2 is 1.54 bits per heavy atom. The predicted molar refractivity (Wildman–Crippen MR) is 108 cm³/mol. The van der Waals surface area contributed by atoms with Crippen molar-refractivity contribution in [3.8, 4) is 0 Å². The second-order valence-corrected chi connectivity index (χ2v) is 7.68. The van der Waals surface area contributed by atoms with Crippen LogP contribution in [0, 0.1) is 24.7 Å². The topological polar surface area (TPSA) is 66.4 Å². The molecule has 1 amide bonds. The lowest BCUT2D eigenvalue weighted by Crippen LogP contribution is -2.36. The minimum absolute atomic E-state index is 0.329. The van der Waals surface area contributed by atoms with Gasteiger partial charge in [0, 0.05) is 6.92 Å². The van der Waals surface area contributed by atoms with Crippen LogP contribution >= 0.6 is 0 Å². The largest absolute Gasteiger partial charge is 0.480 e. The third-order valence-electron chi connectivity index (χ3n) is 4.73. The first-order chi connectivity index (χ1) is 12.1. The quantitative estimate of drug-likeness (QED) is 0.789. The Balaban J connectivity index is 0.000000366. The molecule has 0 spiro atoms. The molecule has 1 aromatic rings. The van der Waals surface area contributed by atoms with Gasteiger partial charge >= 0.3 is 5.97 Å². The van der Waals surface area contributed by atoms with Crippen molar-refractivity contribution in [1.29, 1.82) is 0 Å². The third-order valence-corrected chi connectivity index (χ3v) is 4.73. The average Bonchev–Trinajstić information content (AvgIpc) is 2.56. The van der Waals surface area contributed by atoms with Gasteiger partial charge in [0.05, 0.1) is 0 Å². The highest BCUT2D eigenvalue weighted by Gasteiger charge is 2.20. The number of carbonyl (C=O) groups excluding carboxylic acids is 1. The van der Waals surface area contributed by atoms with E-state index in [9.17, 15) is 9.59 Å². The van der Waals surface area contributed by atoms with Crippen LogP contribution in [-0.4, -0.2) is 23.0 Å². The van der Waals surface area contributed by atoms with E-state index < -0.39 is 12.0 Å². The minimum atomic E-state index is -1.02. The van der Waals surface area contributed by atoms with Crippen LogP contribution in [0.1, 0.15) is 65.9 Å². The molecular formula is C22H37NO3. The van der Waals surface area contributed by atoms with Gasteiger partial charge in [-0.05, 0) is 44.4 Å². The standard InChI is InChI=1S/C10H20.C7H8.C5H9NO3/c1-8(2)10-6-4-9(3)5-7-10;1-7-5-3-2-4-6-7;1-3(5(8)9)6-4(2)7/h8-10H,4-7H2,1-3H3;2-6H,1H3;3H,1-2H3,(H,6,7)(H,8,9). The lowest BCUT2D eigenvalue weighted by atomic mass is 9.78. The van der Waals surface area contributed by atoms with Crippen LogP contribution in [0.15, 0.2) is 30.3 Å². The number of nitrogens with one attached hydrogen (secondary N) is 1. The van der Waals surface area contributed by atoms with Gasteiger partial charge in [0.1, 0.15) is 6.04 Å². The fourth-order valence-corrected chi connectivity index (χ4v) is 2.85. The van der Waals surface area contributed by atoms with Crippen molar-refractivity contribution in [2.24, 2.45) is 17.8 Å². The summed E-state index contributed by atoms with van der Waals surface area (Å²) >= 11 is 0. The monoisotopic (exact) mass is 363 g/mol. The molecule has 148 valence electrons. The van der Waals surface area contributed by atoms with Crippen LogP contribution in [0.4, 0.5) is 0 Å². The zero-order valence-corrected chi connectivity index (χ0v) is 17.3. The second kappa shape index (κ2) is 13.4. The zero-order chi connectivity index (χ0) is 20.1. The molecule has 0 aliphatic heterocycles. The number of carbonyl (C=O) groups is 2. The zero-order valence-electron chi connectivity index (χ0n) is 17.3. The summed E-state index contributed by atoms with van der Waals surface area (Å²) in [6.45, 7) is 11.9. The summed E-state index contributed by atoms with van der Waals surface area (Å²) in [5.74, 6) is 1.62. The summed E-state index contributed by atoms with van der Waals surface area (Å²) in [7, 11) is 0. The molecule has 1 aliphatic carbocycles. The molecule has 1 aromatic carbocycles. The summed E-state index contributed by atoms with van der Waals surface area (Å²) in [6, 6.07) is 9.47. The first-order valence-electron chi connectivity index (χ1n) is 9.65. The van der Waals surface area contributed by atoms with Crippen LogP contribution in [0.3, 0.4) is 0 Å². The molecule has 1 aliphatic rings. The molecule has 1 atom stereocenters. The van der Waals surface area contributed by atoms with Crippen molar-refractivity contribution in [3.05, 3.63) is 35.9 Å². The van der Waals surface area contributed by atoms with Crippen LogP contribution in [0.5, 0.6) is 0 Å². The lowest BCUT2D eigenvalue weighted by Gasteiger charge is -2.28. The molecule has 0 radical (unpaired) electrons. The Morgan fingerprint density at radius 3 is 1.81 bits per heavy atom. The van der Waals surface area contributed by atoms with E-state index in [1.54, 1.807) is 0 Å². The molecule has 1 saturated carbocycles. The molecule has 0 aromatic heterocycles. The number of benzene rings is 1. The van der Waals surface area contributed by atoms with E-state index in [-0.39, 0.29) is 5.91 Å². The van der Waals surface area contributed by atoms with Crippen LogP contribution in [0.25, 0.3) is 0 Å². The van der Waals surface area contributed by atoms with Crippen LogP contribution in [0.2, 0.25) is 0 Å². The van der Waals surface area contributed by atoms with Gasteiger partial charge in [0.15, 0.2) is 0 Å². The minimum Gasteiger partial charge on any atom is -0.480 e. The normalized spacial score (nSPS) is 20.0. The maximum atomic E-state index is 10.2. The molecular weight excluding hydrogens is 326 g/mol. The summed E-state index contributed by atoms with van der Waals surface area (Å²) in [6.07, 6.45) is 5.92. The smallest absolute Gasteiger partial charge is 0.325 e. The molecule has 1 fully saturated rings. The molecule has 2 N–H and O–H groups in total. The van der Waals surface area contributed by atoms with Gasteiger partial charge in [0.25, 0.3) is 0 Å². The number of rotatable bonds is 3. The molecule has 26 heavy (non-hydrogen) atoms. The Labute approximate surface area is 159 Å². The maximum absolute atomic E-state index is 10.2. The van der Waals surface area contributed by atoms with Gasteiger partial charge in [-0.25, -0.2) is 0 Å². The summed E-state index contributed by atoms with van der Waals surface area (Å²) in [4.78, 5) is 20.2. The summed E-state index contributed by atoms with van der Waals surface area (Å²) < 4.78 is 0. The van der Waals surface area contributed by atoms with Gasteiger partial charge in [-0.15, -0.1) is 0 Å². The van der Waals surface area contributed by atoms with Crippen molar-refractivity contribution >= 4 is 11.9 Å². The van der Waals surface area contributed by atoms with Crippen molar-refractivity contribution in [3.63, 3.8) is 0 Å². The van der Waals surface area contributed by atoms with E-state index in [0.29, 0.717) is 0 Å². The van der Waals surface area contributed by atoms with Crippen molar-refractivity contribution in [2.75, 3.05) is 0 Å². The highest BCUT2D eigenvalue weighted by atomic mass is 16.4. The fraction of sp³-hybridized carbons (Fsp3) is 0.636. The molecule has 4 nitrogen and oxygen atoms in total. The maximum Gasteiger partial charge on any atom is 0.325 e. The number of aliphatic carboxylic acids is 1. The molecule has 0 saturated heterocycles. The first kappa shape index (κ1) is 24.2.